The Hall–Kier alpha value is -3.32. The number of amides is 1. The predicted molar refractivity (Wildman–Crippen MR) is 116 cm³/mol. The molecule has 31 heavy (non-hydrogen) atoms. The molecule has 1 aliphatic heterocycles. The minimum atomic E-state index is -1.05. The molecule has 7 heteroatoms. The Morgan fingerprint density at radius 2 is 1.68 bits per heavy atom. The quantitative estimate of drug-likeness (QED) is 0.297. The van der Waals surface area contributed by atoms with Crippen LogP contribution < -0.4 is 4.90 Å². The zero-order valence-electron chi connectivity index (χ0n) is 16.3. The Kier molecular flexibility index (Phi) is 5.45. The Morgan fingerprint density at radius 1 is 0.968 bits per heavy atom. The lowest BCUT2D eigenvalue weighted by molar-refractivity contribution is -0.132. The zero-order valence-corrected chi connectivity index (χ0v) is 17.9. The highest BCUT2D eigenvalue weighted by Gasteiger charge is 2.47. The third-order valence-electron chi connectivity index (χ3n) is 5.15. The van der Waals surface area contributed by atoms with E-state index in [-0.39, 0.29) is 17.0 Å². The van der Waals surface area contributed by atoms with E-state index in [1.54, 1.807) is 18.2 Å². The molecule has 0 bridgehead atoms. The number of benzene rings is 3. The van der Waals surface area contributed by atoms with Gasteiger partial charge in [-0.2, -0.15) is 0 Å². The highest BCUT2D eigenvalue weighted by atomic mass is 79.9. The van der Waals surface area contributed by atoms with Gasteiger partial charge in [0.15, 0.2) is 0 Å². The molecule has 4 nitrogen and oxygen atoms in total. The van der Waals surface area contributed by atoms with Gasteiger partial charge in [0, 0.05) is 15.7 Å². The second-order valence-electron chi connectivity index (χ2n) is 7.16. The average Bonchev–Trinajstić information content (AvgIpc) is 3.01. The number of aliphatic hydroxyl groups is 1. The van der Waals surface area contributed by atoms with Crippen molar-refractivity contribution in [3.63, 3.8) is 0 Å². The molecule has 1 aliphatic rings. The molecule has 0 spiro atoms. The first-order chi connectivity index (χ1) is 14.8. The van der Waals surface area contributed by atoms with Crippen molar-refractivity contribution in [2.75, 3.05) is 4.90 Å². The maximum atomic E-state index is 13.9. The van der Waals surface area contributed by atoms with Crippen LogP contribution in [0.25, 0.3) is 5.76 Å². The van der Waals surface area contributed by atoms with Crippen LogP contribution in [0.5, 0.6) is 0 Å². The van der Waals surface area contributed by atoms with Crippen LogP contribution in [-0.4, -0.2) is 16.8 Å². The van der Waals surface area contributed by atoms with Gasteiger partial charge in [-0.15, -0.1) is 0 Å². The SMILES string of the molecule is Cc1cc(/C(O)=C2\C(=O)C(=O)N(c3cccc(F)c3)C2c2ccc(F)cc2)ccc1Br. The van der Waals surface area contributed by atoms with Gasteiger partial charge in [-0.3, -0.25) is 14.5 Å². The van der Waals surface area contributed by atoms with E-state index >= 15 is 0 Å². The smallest absolute Gasteiger partial charge is 0.300 e. The van der Waals surface area contributed by atoms with Crippen molar-refractivity contribution in [3.05, 3.63) is 105 Å². The van der Waals surface area contributed by atoms with Gasteiger partial charge in [0.25, 0.3) is 11.7 Å². The summed E-state index contributed by atoms with van der Waals surface area (Å²) in [5, 5.41) is 11.0. The van der Waals surface area contributed by atoms with Crippen LogP contribution in [0.2, 0.25) is 0 Å². The van der Waals surface area contributed by atoms with Gasteiger partial charge in [-0.25, -0.2) is 8.78 Å². The molecule has 1 saturated heterocycles. The van der Waals surface area contributed by atoms with Crippen LogP contribution in [0.3, 0.4) is 0 Å². The third kappa shape index (κ3) is 3.77. The molecule has 0 aliphatic carbocycles. The van der Waals surface area contributed by atoms with Gasteiger partial charge >= 0.3 is 0 Å². The fraction of sp³-hybridized carbons (Fsp3) is 0.0833. The van der Waals surface area contributed by atoms with E-state index in [9.17, 15) is 23.5 Å². The second-order valence-corrected chi connectivity index (χ2v) is 8.02. The van der Waals surface area contributed by atoms with Crippen molar-refractivity contribution in [3.8, 4) is 0 Å². The number of aryl methyl sites for hydroxylation is 1. The van der Waals surface area contributed by atoms with E-state index in [2.05, 4.69) is 15.9 Å². The topological polar surface area (TPSA) is 57.6 Å². The molecule has 1 heterocycles. The first-order valence-corrected chi connectivity index (χ1v) is 10.2. The van der Waals surface area contributed by atoms with Crippen molar-refractivity contribution >= 4 is 39.1 Å². The maximum absolute atomic E-state index is 13.9. The summed E-state index contributed by atoms with van der Waals surface area (Å²) < 4.78 is 28.3. The number of Topliss-reactive ketones (excluding diaryl/α,β-unsaturated/α-hetero) is 1. The Labute approximate surface area is 185 Å². The fourth-order valence-electron chi connectivity index (χ4n) is 3.63. The predicted octanol–water partition coefficient (Wildman–Crippen LogP) is 5.66. The van der Waals surface area contributed by atoms with Crippen LogP contribution in [0, 0.1) is 18.6 Å². The van der Waals surface area contributed by atoms with E-state index in [0.29, 0.717) is 11.1 Å². The first kappa shape index (κ1) is 20.9. The maximum Gasteiger partial charge on any atom is 0.300 e. The molecular formula is C24H16BrF2NO3. The lowest BCUT2D eigenvalue weighted by atomic mass is 9.94. The summed E-state index contributed by atoms with van der Waals surface area (Å²) in [6.45, 7) is 1.82. The number of halogens is 3. The van der Waals surface area contributed by atoms with Crippen molar-refractivity contribution < 1.29 is 23.5 Å². The van der Waals surface area contributed by atoms with Gasteiger partial charge in [0.2, 0.25) is 0 Å². The Balaban J connectivity index is 1.96. The van der Waals surface area contributed by atoms with Crippen LogP contribution in [0.4, 0.5) is 14.5 Å². The van der Waals surface area contributed by atoms with Crippen LogP contribution in [-0.2, 0) is 9.59 Å². The van der Waals surface area contributed by atoms with Crippen molar-refractivity contribution in [2.45, 2.75) is 13.0 Å². The standard InChI is InChI=1S/C24H16BrF2NO3/c1-13-11-15(7-10-19(13)25)22(29)20-21(14-5-8-16(26)9-6-14)28(24(31)23(20)30)18-4-2-3-17(27)12-18/h2-12,21,29H,1H3/b22-20+. The number of ketones is 1. The van der Waals surface area contributed by atoms with Gasteiger partial charge in [-0.05, 0) is 60.5 Å². The van der Waals surface area contributed by atoms with E-state index < -0.39 is 29.4 Å². The van der Waals surface area contributed by atoms with E-state index in [4.69, 9.17) is 0 Å². The highest BCUT2D eigenvalue weighted by molar-refractivity contribution is 9.10. The monoisotopic (exact) mass is 483 g/mol. The summed E-state index contributed by atoms with van der Waals surface area (Å²) >= 11 is 3.39. The summed E-state index contributed by atoms with van der Waals surface area (Å²) in [6, 6.07) is 14.5. The summed E-state index contributed by atoms with van der Waals surface area (Å²) in [5.41, 5.74) is 1.58. The minimum Gasteiger partial charge on any atom is -0.507 e. The number of anilines is 1. The molecule has 156 valence electrons. The minimum absolute atomic E-state index is 0.150. The number of rotatable bonds is 3. The normalized spacial score (nSPS) is 17.9. The molecule has 1 unspecified atom stereocenters. The second kappa shape index (κ2) is 8.07. The van der Waals surface area contributed by atoms with E-state index in [0.717, 1.165) is 21.0 Å². The molecule has 1 N–H and O–H groups in total. The molecule has 0 saturated carbocycles. The molecule has 1 amide bonds. The summed E-state index contributed by atoms with van der Waals surface area (Å²) in [5.74, 6) is -3.25. The fourth-order valence-corrected chi connectivity index (χ4v) is 3.88. The zero-order chi connectivity index (χ0) is 22.3. The molecule has 0 radical (unpaired) electrons. The van der Waals surface area contributed by atoms with Crippen LogP contribution in [0.15, 0.2) is 76.8 Å². The molecule has 0 aromatic heterocycles. The largest absolute Gasteiger partial charge is 0.507 e. The van der Waals surface area contributed by atoms with Gasteiger partial charge in [0.05, 0.1) is 11.6 Å². The van der Waals surface area contributed by atoms with Crippen molar-refractivity contribution in [2.24, 2.45) is 0 Å². The first-order valence-electron chi connectivity index (χ1n) is 9.36. The number of hydrogen-bond acceptors (Lipinski definition) is 3. The highest BCUT2D eigenvalue weighted by Crippen LogP contribution is 2.42. The number of carbonyl (C=O) groups is 2. The number of hydrogen-bond donors (Lipinski definition) is 1. The Bertz CT molecular complexity index is 1240. The number of aliphatic hydroxyl groups excluding tert-OH is 1. The molecule has 4 rings (SSSR count). The summed E-state index contributed by atoms with van der Waals surface area (Å²) in [4.78, 5) is 27.1. The molecule has 3 aromatic rings. The van der Waals surface area contributed by atoms with Gasteiger partial charge < -0.3 is 5.11 Å². The summed E-state index contributed by atoms with van der Waals surface area (Å²) in [7, 11) is 0. The van der Waals surface area contributed by atoms with Crippen molar-refractivity contribution in [1.29, 1.82) is 0 Å². The summed E-state index contributed by atoms with van der Waals surface area (Å²) in [6.07, 6.45) is 0. The number of nitrogens with zero attached hydrogens (tertiary/aromatic N) is 1. The van der Waals surface area contributed by atoms with E-state index in [1.807, 2.05) is 6.92 Å². The molecule has 1 atom stereocenters. The van der Waals surface area contributed by atoms with Gasteiger partial charge in [0.1, 0.15) is 17.4 Å². The molecule has 3 aromatic carbocycles. The van der Waals surface area contributed by atoms with Crippen molar-refractivity contribution in [1.82, 2.24) is 0 Å². The van der Waals surface area contributed by atoms with Crippen LogP contribution >= 0.6 is 15.9 Å². The van der Waals surface area contributed by atoms with Crippen LogP contribution in [0.1, 0.15) is 22.7 Å². The lowest BCUT2D eigenvalue weighted by Crippen LogP contribution is -2.29. The molecule has 1 fully saturated rings. The average molecular weight is 484 g/mol. The number of carbonyl (C=O) groups excluding carboxylic acids is 2. The van der Waals surface area contributed by atoms with E-state index in [1.165, 1.54) is 42.5 Å². The molecular weight excluding hydrogens is 468 g/mol. The third-order valence-corrected chi connectivity index (χ3v) is 6.04. The van der Waals surface area contributed by atoms with Gasteiger partial charge in [-0.1, -0.05) is 40.2 Å². The Morgan fingerprint density at radius 3 is 2.32 bits per heavy atom. The lowest BCUT2D eigenvalue weighted by Gasteiger charge is -2.25.